The molecule has 0 bridgehead atoms. The number of likely N-dealkylation sites (tertiary alicyclic amines) is 1. The number of ether oxygens (including phenoxy) is 1. The van der Waals surface area contributed by atoms with E-state index in [9.17, 15) is 9.59 Å². The summed E-state index contributed by atoms with van der Waals surface area (Å²) in [5.41, 5.74) is 8.75. The van der Waals surface area contributed by atoms with Crippen LogP contribution in [0.4, 0.5) is 5.69 Å². The Kier molecular flexibility index (Phi) is 7.04. The summed E-state index contributed by atoms with van der Waals surface area (Å²) >= 11 is 0. The smallest absolute Gasteiger partial charge is 0.248 e. The molecule has 1 aromatic carbocycles. The maximum atomic E-state index is 13.2. The number of aromatic amines is 1. The zero-order valence-electron chi connectivity index (χ0n) is 22.0. The Morgan fingerprint density at radius 1 is 1.00 bits per heavy atom. The fourth-order valence-corrected chi connectivity index (χ4v) is 6.01. The molecule has 2 saturated heterocycles. The van der Waals surface area contributed by atoms with Crippen LogP contribution in [0.25, 0.3) is 21.9 Å². The number of amides is 2. The van der Waals surface area contributed by atoms with Gasteiger partial charge in [0.15, 0.2) is 0 Å². The molecule has 202 valence electrons. The summed E-state index contributed by atoms with van der Waals surface area (Å²) in [6.45, 7) is 3.97. The highest BCUT2D eigenvalue weighted by Crippen LogP contribution is 2.34. The van der Waals surface area contributed by atoms with Gasteiger partial charge in [0.25, 0.3) is 0 Å². The fraction of sp³-hybridized carbons (Fsp3) is 0.400. The van der Waals surface area contributed by atoms with Crippen LogP contribution in [0.5, 0.6) is 5.75 Å². The molecule has 3 N–H and O–H groups in total. The predicted octanol–water partition coefficient (Wildman–Crippen LogP) is 4.13. The van der Waals surface area contributed by atoms with Crippen LogP contribution >= 0.6 is 0 Å². The first kappa shape index (κ1) is 25.2. The number of nitrogens with zero attached hydrogens (tertiary/aromatic N) is 4. The van der Waals surface area contributed by atoms with Gasteiger partial charge in [-0.25, -0.2) is 4.98 Å². The van der Waals surface area contributed by atoms with Gasteiger partial charge in [0.05, 0.1) is 18.3 Å². The van der Waals surface area contributed by atoms with E-state index < -0.39 is 5.91 Å². The summed E-state index contributed by atoms with van der Waals surface area (Å²) in [5, 5.41) is 2.24. The molecule has 1 unspecified atom stereocenters. The van der Waals surface area contributed by atoms with Gasteiger partial charge in [-0.05, 0) is 68.0 Å². The number of aromatic nitrogens is 3. The number of fused-ring (bicyclic) bond motifs is 3. The number of benzene rings is 1. The lowest BCUT2D eigenvalue weighted by Crippen LogP contribution is -2.43. The average Bonchev–Trinajstić information content (AvgIpc) is 3.46. The van der Waals surface area contributed by atoms with Crippen molar-refractivity contribution in [3.05, 3.63) is 60.6 Å². The second kappa shape index (κ2) is 10.9. The molecular formula is C30H34N6O3. The predicted molar refractivity (Wildman–Crippen MR) is 151 cm³/mol. The van der Waals surface area contributed by atoms with Crippen molar-refractivity contribution in [3.63, 3.8) is 0 Å². The van der Waals surface area contributed by atoms with Crippen LogP contribution in [0.3, 0.4) is 0 Å². The SMILES string of the molecule is NC(=O)c1ccc(OCC2CCCN(C(=O)CC3CCN(c4ccnc5cnc6[nH]ccc6c45)CC3)C2)cc1. The van der Waals surface area contributed by atoms with Crippen molar-refractivity contribution < 1.29 is 14.3 Å². The topological polar surface area (TPSA) is 117 Å². The molecule has 2 aliphatic rings. The Labute approximate surface area is 227 Å². The number of rotatable bonds is 7. The molecule has 2 fully saturated rings. The monoisotopic (exact) mass is 526 g/mol. The first-order valence-corrected chi connectivity index (χ1v) is 13.8. The Hall–Kier alpha value is -4.14. The molecule has 3 aromatic heterocycles. The number of H-pyrrole nitrogens is 1. The van der Waals surface area contributed by atoms with Gasteiger partial charge >= 0.3 is 0 Å². The number of hydrogen-bond donors (Lipinski definition) is 2. The van der Waals surface area contributed by atoms with Gasteiger partial charge in [-0.1, -0.05) is 0 Å². The Balaban J connectivity index is 1.02. The number of hydrogen-bond acceptors (Lipinski definition) is 6. The molecule has 1 atom stereocenters. The van der Waals surface area contributed by atoms with E-state index in [1.165, 1.54) is 5.69 Å². The number of nitrogens with two attached hydrogens (primary N) is 1. The van der Waals surface area contributed by atoms with Crippen molar-refractivity contribution in [2.75, 3.05) is 37.7 Å². The Morgan fingerprint density at radius 2 is 1.82 bits per heavy atom. The van der Waals surface area contributed by atoms with E-state index in [0.29, 0.717) is 36.2 Å². The van der Waals surface area contributed by atoms with E-state index in [4.69, 9.17) is 10.5 Å². The van der Waals surface area contributed by atoms with Crippen molar-refractivity contribution in [1.82, 2.24) is 19.9 Å². The number of primary amides is 1. The summed E-state index contributed by atoms with van der Waals surface area (Å²) in [6, 6.07) is 11.1. The van der Waals surface area contributed by atoms with Gasteiger partial charge < -0.3 is 25.3 Å². The van der Waals surface area contributed by atoms with Gasteiger partial charge in [0.1, 0.15) is 11.4 Å². The third-order valence-corrected chi connectivity index (χ3v) is 8.18. The molecule has 2 amide bonds. The first-order chi connectivity index (χ1) is 19.0. The summed E-state index contributed by atoms with van der Waals surface area (Å²) < 4.78 is 5.96. The van der Waals surface area contributed by atoms with Crippen LogP contribution < -0.4 is 15.4 Å². The molecule has 0 spiro atoms. The molecular weight excluding hydrogens is 492 g/mol. The van der Waals surface area contributed by atoms with E-state index in [2.05, 4.69) is 32.0 Å². The third kappa shape index (κ3) is 5.39. The minimum absolute atomic E-state index is 0.262. The van der Waals surface area contributed by atoms with Gasteiger partial charge in [0, 0.05) is 72.9 Å². The van der Waals surface area contributed by atoms with Gasteiger partial charge in [0.2, 0.25) is 11.8 Å². The molecule has 5 heterocycles. The molecule has 2 aliphatic heterocycles. The highest BCUT2D eigenvalue weighted by molar-refractivity contribution is 6.10. The number of anilines is 1. The highest BCUT2D eigenvalue weighted by Gasteiger charge is 2.28. The minimum atomic E-state index is -0.449. The summed E-state index contributed by atoms with van der Waals surface area (Å²) in [5.74, 6) is 1.23. The largest absolute Gasteiger partial charge is 0.493 e. The lowest BCUT2D eigenvalue weighted by Gasteiger charge is -2.36. The lowest BCUT2D eigenvalue weighted by molar-refractivity contribution is -0.134. The van der Waals surface area contributed by atoms with Crippen molar-refractivity contribution in [2.24, 2.45) is 17.6 Å². The van der Waals surface area contributed by atoms with Crippen LogP contribution in [0.2, 0.25) is 0 Å². The van der Waals surface area contributed by atoms with Gasteiger partial charge in [-0.3, -0.25) is 14.6 Å². The number of nitrogens with one attached hydrogen (secondary N) is 1. The number of pyridine rings is 2. The Bertz CT molecular complexity index is 1480. The zero-order valence-corrected chi connectivity index (χ0v) is 22.0. The maximum absolute atomic E-state index is 13.2. The highest BCUT2D eigenvalue weighted by atomic mass is 16.5. The van der Waals surface area contributed by atoms with Crippen molar-refractivity contribution >= 4 is 39.4 Å². The van der Waals surface area contributed by atoms with Crippen molar-refractivity contribution in [3.8, 4) is 5.75 Å². The van der Waals surface area contributed by atoms with E-state index >= 15 is 0 Å². The van der Waals surface area contributed by atoms with Crippen LogP contribution in [-0.4, -0.2) is 64.5 Å². The number of carbonyl (C=O) groups excluding carboxylic acids is 2. The Morgan fingerprint density at radius 3 is 2.62 bits per heavy atom. The minimum Gasteiger partial charge on any atom is -0.493 e. The van der Waals surface area contributed by atoms with Crippen molar-refractivity contribution in [1.29, 1.82) is 0 Å². The van der Waals surface area contributed by atoms with E-state index in [1.807, 2.05) is 23.5 Å². The molecule has 39 heavy (non-hydrogen) atoms. The quantitative estimate of drug-likeness (QED) is 0.374. The van der Waals surface area contributed by atoms with Crippen molar-refractivity contribution in [2.45, 2.75) is 32.1 Å². The van der Waals surface area contributed by atoms with Gasteiger partial charge in [-0.2, -0.15) is 0 Å². The summed E-state index contributed by atoms with van der Waals surface area (Å²) in [7, 11) is 0. The standard InChI is InChI=1S/C30H34N6O3/c31-29(38)22-3-5-23(6-4-22)39-19-21-2-1-13-36(18-21)27(37)16-20-9-14-35(15-10-20)26-8-12-32-25-17-34-30-24(28(25)26)7-11-33-30/h3-8,11-12,17,20-21H,1-2,9-10,13-16,18-19H2,(H2,31,38)(H,33,34). The van der Waals surface area contributed by atoms with E-state index in [-0.39, 0.29) is 5.91 Å². The zero-order chi connectivity index (χ0) is 26.8. The summed E-state index contributed by atoms with van der Waals surface area (Å²) in [6.07, 6.45) is 10.3. The van der Waals surface area contributed by atoms with Crippen LogP contribution in [-0.2, 0) is 4.79 Å². The lowest BCUT2D eigenvalue weighted by atomic mass is 9.91. The second-order valence-corrected chi connectivity index (χ2v) is 10.8. The molecule has 4 aromatic rings. The van der Waals surface area contributed by atoms with Crippen LogP contribution in [0.15, 0.2) is 55.0 Å². The average molecular weight is 527 g/mol. The van der Waals surface area contributed by atoms with Crippen LogP contribution in [0.1, 0.15) is 42.5 Å². The fourth-order valence-electron chi connectivity index (χ4n) is 6.01. The molecule has 0 saturated carbocycles. The summed E-state index contributed by atoms with van der Waals surface area (Å²) in [4.78, 5) is 41.2. The van der Waals surface area contributed by atoms with Crippen LogP contribution in [0, 0.1) is 11.8 Å². The molecule has 6 rings (SSSR count). The molecule has 0 aliphatic carbocycles. The molecule has 9 nitrogen and oxygen atoms in total. The number of carbonyl (C=O) groups is 2. The maximum Gasteiger partial charge on any atom is 0.248 e. The second-order valence-electron chi connectivity index (χ2n) is 10.8. The van der Waals surface area contributed by atoms with E-state index in [0.717, 1.165) is 73.8 Å². The van der Waals surface area contributed by atoms with Gasteiger partial charge in [-0.15, -0.1) is 0 Å². The molecule has 0 radical (unpaired) electrons. The molecule has 9 heteroatoms. The van der Waals surface area contributed by atoms with E-state index in [1.54, 1.807) is 24.3 Å². The first-order valence-electron chi connectivity index (χ1n) is 13.8. The normalized spacial score (nSPS) is 18.5. The third-order valence-electron chi connectivity index (χ3n) is 8.18. The number of piperidine rings is 2.